The molecule has 0 saturated carbocycles. The van der Waals surface area contributed by atoms with E-state index in [4.69, 9.17) is 0 Å². The number of nitrogens with zero attached hydrogens (tertiary/aromatic N) is 3. The van der Waals surface area contributed by atoms with Crippen molar-refractivity contribution in [2.24, 2.45) is 0 Å². The van der Waals surface area contributed by atoms with Gasteiger partial charge in [0, 0.05) is 43.3 Å². The highest BCUT2D eigenvalue weighted by atomic mass is 19.2. The summed E-state index contributed by atoms with van der Waals surface area (Å²) in [7, 11) is 0. The first-order chi connectivity index (χ1) is 14.0. The van der Waals surface area contributed by atoms with Crippen LogP contribution in [-0.2, 0) is 4.79 Å². The van der Waals surface area contributed by atoms with Crippen molar-refractivity contribution in [3.63, 3.8) is 0 Å². The molecule has 1 aromatic heterocycles. The Morgan fingerprint density at radius 1 is 1.03 bits per heavy atom. The Hall–Kier alpha value is -3.33. The average molecular weight is 399 g/mol. The van der Waals surface area contributed by atoms with Gasteiger partial charge in [-0.3, -0.25) is 19.6 Å². The summed E-state index contributed by atoms with van der Waals surface area (Å²) in [5, 5.41) is 10.3. The number of carbonyl (C=O) groups is 2. The number of aromatic nitrogens is 2. The number of H-pyrrole nitrogens is 1. The van der Waals surface area contributed by atoms with Crippen molar-refractivity contribution >= 4 is 28.4 Å². The number of fused-ring (bicyclic) bond motifs is 1. The van der Waals surface area contributed by atoms with E-state index in [1.165, 1.54) is 6.07 Å². The van der Waals surface area contributed by atoms with Gasteiger partial charge in [-0.15, -0.1) is 0 Å². The van der Waals surface area contributed by atoms with Gasteiger partial charge in [-0.2, -0.15) is 5.10 Å². The standard InChI is InChI=1S/C20H19F2N5O2/c21-15-6-5-13(11-16(15)22)23-18(28)12-26-7-9-27(10-8-26)20(29)19-14-3-1-2-4-17(14)24-25-19/h1-6,11H,7-10,12H2,(H,23,28)(H,24,25). The number of piperazine rings is 1. The average Bonchev–Trinajstić information content (AvgIpc) is 3.15. The fourth-order valence-corrected chi connectivity index (χ4v) is 3.36. The van der Waals surface area contributed by atoms with Crippen molar-refractivity contribution in [2.75, 3.05) is 38.0 Å². The first-order valence-electron chi connectivity index (χ1n) is 9.21. The summed E-state index contributed by atoms with van der Waals surface area (Å²) in [5.74, 6) is -2.45. The van der Waals surface area contributed by atoms with E-state index in [2.05, 4.69) is 15.5 Å². The third-order valence-corrected chi connectivity index (χ3v) is 4.90. The largest absolute Gasteiger partial charge is 0.335 e. The van der Waals surface area contributed by atoms with Gasteiger partial charge in [0.25, 0.3) is 5.91 Å². The minimum atomic E-state index is -1.01. The molecule has 7 nitrogen and oxygen atoms in total. The minimum Gasteiger partial charge on any atom is -0.335 e. The lowest BCUT2D eigenvalue weighted by Gasteiger charge is -2.34. The molecule has 4 rings (SSSR count). The number of hydrogen-bond donors (Lipinski definition) is 2. The highest BCUT2D eigenvalue weighted by Gasteiger charge is 2.26. The predicted octanol–water partition coefficient (Wildman–Crippen LogP) is 2.24. The molecule has 29 heavy (non-hydrogen) atoms. The first-order valence-corrected chi connectivity index (χ1v) is 9.21. The van der Waals surface area contributed by atoms with E-state index in [-0.39, 0.29) is 24.0 Å². The molecule has 1 aliphatic heterocycles. The molecule has 0 aliphatic carbocycles. The number of rotatable bonds is 4. The molecule has 9 heteroatoms. The van der Waals surface area contributed by atoms with Crippen LogP contribution in [0.15, 0.2) is 42.5 Å². The maximum atomic E-state index is 13.2. The van der Waals surface area contributed by atoms with Crippen molar-refractivity contribution in [1.82, 2.24) is 20.0 Å². The van der Waals surface area contributed by atoms with Crippen LogP contribution in [0.2, 0.25) is 0 Å². The molecule has 2 amide bonds. The molecule has 0 radical (unpaired) electrons. The lowest BCUT2D eigenvalue weighted by atomic mass is 10.2. The summed E-state index contributed by atoms with van der Waals surface area (Å²) in [6.07, 6.45) is 0. The topological polar surface area (TPSA) is 81.3 Å². The third kappa shape index (κ3) is 4.09. The summed E-state index contributed by atoms with van der Waals surface area (Å²) in [6.45, 7) is 2.10. The first kappa shape index (κ1) is 19.0. The second-order valence-electron chi connectivity index (χ2n) is 6.86. The lowest BCUT2D eigenvalue weighted by Crippen LogP contribution is -2.50. The van der Waals surface area contributed by atoms with Crippen LogP contribution in [-0.4, -0.2) is 64.5 Å². The predicted molar refractivity (Wildman–Crippen MR) is 103 cm³/mol. The van der Waals surface area contributed by atoms with Crippen LogP contribution in [0.25, 0.3) is 10.9 Å². The van der Waals surface area contributed by atoms with Gasteiger partial charge in [-0.1, -0.05) is 18.2 Å². The van der Waals surface area contributed by atoms with Crippen LogP contribution in [0.5, 0.6) is 0 Å². The van der Waals surface area contributed by atoms with Gasteiger partial charge < -0.3 is 10.2 Å². The van der Waals surface area contributed by atoms with Gasteiger partial charge in [0.05, 0.1) is 12.1 Å². The number of carbonyl (C=O) groups excluding carboxylic acids is 2. The van der Waals surface area contributed by atoms with Crippen LogP contribution in [0.4, 0.5) is 14.5 Å². The number of benzene rings is 2. The third-order valence-electron chi connectivity index (χ3n) is 4.90. The summed E-state index contributed by atoms with van der Waals surface area (Å²) in [4.78, 5) is 28.6. The van der Waals surface area contributed by atoms with Crippen LogP contribution >= 0.6 is 0 Å². The summed E-state index contributed by atoms with van der Waals surface area (Å²) >= 11 is 0. The fourth-order valence-electron chi connectivity index (χ4n) is 3.36. The number of anilines is 1. The van der Waals surface area contributed by atoms with Crippen molar-refractivity contribution in [2.45, 2.75) is 0 Å². The van der Waals surface area contributed by atoms with Gasteiger partial charge >= 0.3 is 0 Å². The van der Waals surface area contributed by atoms with E-state index in [0.717, 1.165) is 23.0 Å². The second kappa shape index (κ2) is 7.96. The van der Waals surface area contributed by atoms with E-state index in [9.17, 15) is 18.4 Å². The summed E-state index contributed by atoms with van der Waals surface area (Å²) in [5.41, 5.74) is 1.40. The molecule has 0 spiro atoms. The number of amides is 2. The molecule has 3 aromatic rings. The molecule has 2 N–H and O–H groups in total. The molecular formula is C20H19F2N5O2. The van der Waals surface area contributed by atoms with Crippen LogP contribution in [0.1, 0.15) is 10.5 Å². The van der Waals surface area contributed by atoms with Gasteiger partial charge in [0.1, 0.15) is 0 Å². The molecular weight excluding hydrogens is 380 g/mol. The normalized spacial score (nSPS) is 14.9. The number of hydrogen-bond acceptors (Lipinski definition) is 4. The molecule has 1 fully saturated rings. The Bertz CT molecular complexity index is 1060. The summed E-state index contributed by atoms with van der Waals surface area (Å²) in [6, 6.07) is 10.7. The Morgan fingerprint density at radius 3 is 2.55 bits per heavy atom. The van der Waals surface area contributed by atoms with Crippen LogP contribution in [0, 0.1) is 11.6 Å². The monoisotopic (exact) mass is 399 g/mol. The maximum Gasteiger partial charge on any atom is 0.275 e. The van der Waals surface area contributed by atoms with E-state index in [1.807, 2.05) is 29.2 Å². The highest BCUT2D eigenvalue weighted by Crippen LogP contribution is 2.18. The zero-order valence-electron chi connectivity index (χ0n) is 15.5. The van der Waals surface area contributed by atoms with Gasteiger partial charge in [-0.05, 0) is 18.2 Å². The quantitative estimate of drug-likeness (QED) is 0.705. The molecule has 0 bridgehead atoms. The van der Waals surface area contributed by atoms with Gasteiger partial charge in [0.15, 0.2) is 17.3 Å². The number of aromatic amines is 1. The van der Waals surface area contributed by atoms with E-state index < -0.39 is 11.6 Å². The fraction of sp³-hybridized carbons (Fsp3) is 0.250. The van der Waals surface area contributed by atoms with Crippen molar-refractivity contribution in [1.29, 1.82) is 0 Å². The highest BCUT2D eigenvalue weighted by molar-refractivity contribution is 6.04. The minimum absolute atomic E-state index is 0.104. The van der Waals surface area contributed by atoms with E-state index >= 15 is 0 Å². The zero-order valence-corrected chi connectivity index (χ0v) is 15.5. The molecule has 150 valence electrons. The molecule has 0 atom stereocenters. The van der Waals surface area contributed by atoms with E-state index in [0.29, 0.717) is 31.9 Å². The molecule has 2 aromatic carbocycles. The molecule has 1 aliphatic rings. The van der Waals surface area contributed by atoms with Gasteiger partial charge in [0.2, 0.25) is 5.91 Å². The Balaban J connectivity index is 1.31. The zero-order chi connectivity index (χ0) is 20.4. The summed E-state index contributed by atoms with van der Waals surface area (Å²) < 4.78 is 26.2. The van der Waals surface area contributed by atoms with Crippen LogP contribution < -0.4 is 5.32 Å². The molecule has 0 unspecified atom stereocenters. The number of para-hydroxylation sites is 1. The Morgan fingerprint density at radius 2 is 1.79 bits per heavy atom. The molecule has 2 heterocycles. The number of nitrogens with one attached hydrogen (secondary N) is 2. The SMILES string of the molecule is O=C(CN1CCN(C(=O)c2n[nH]c3ccccc23)CC1)Nc1ccc(F)c(F)c1. The second-order valence-corrected chi connectivity index (χ2v) is 6.86. The van der Waals surface area contributed by atoms with Crippen molar-refractivity contribution in [3.8, 4) is 0 Å². The van der Waals surface area contributed by atoms with Crippen molar-refractivity contribution < 1.29 is 18.4 Å². The Labute approximate surface area is 165 Å². The van der Waals surface area contributed by atoms with Crippen molar-refractivity contribution in [3.05, 3.63) is 59.8 Å². The Kier molecular flexibility index (Phi) is 5.22. The van der Waals surface area contributed by atoms with E-state index in [1.54, 1.807) is 4.90 Å². The lowest BCUT2D eigenvalue weighted by molar-refractivity contribution is -0.117. The van der Waals surface area contributed by atoms with Gasteiger partial charge in [-0.25, -0.2) is 8.78 Å². The van der Waals surface area contributed by atoms with Crippen LogP contribution in [0.3, 0.4) is 0 Å². The smallest absolute Gasteiger partial charge is 0.275 e. The molecule has 1 saturated heterocycles. The number of halogens is 2. The maximum absolute atomic E-state index is 13.2.